The number of morpholine rings is 1. The third-order valence-electron chi connectivity index (χ3n) is 6.14. The van der Waals surface area contributed by atoms with Crippen molar-refractivity contribution in [3.05, 3.63) is 89.5 Å². The maximum atomic E-state index is 9.93. The molecule has 2 heterocycles. The van der Waals surface area contributed by atoms with Gasteiger partial charge in [0.1, 0.15) is 11.5 Å². The molecule has 0 unspecified atom stereocenters. The van der Waals surface area contributed by atoms with Crippen LogP contribution in [0.5, 0.6) is 0 Å². The number of nitrogens with two attached hydrogens (primary N) is 1. The van der Waals surface area contributed by atoms with Crippen molar-refractivity contribution in [3.63, 3.8) is 0 Å². The van der Waals surface area contributed by atoms with Gasteiger partial charge in [-0.15, -0.1) is 0 Å². The molecule has 6 nitrogen and oxygen atoms in total. The summed E-state index contributed by atoms with van der Waals surface area (Å²) in [6.07, 6.45) is 0. The van der Waals surface area contributed by atoms with Crippen LogP contribution in [0.25, 0.3) is 22.0 Å². The van der Waals surface area contributed by atoms with Gasteiger partial charge in [0.2, 0.25) is 0 Å². The minimum absolute atomic E-state index is 0.535. The second-order valence-electron chi connectivity index (χ2n) is 8.21. The zero-order valence-electron chi connectivity index (χ0n) is 18.5. The Morgan fingerprint density at radius 1 is 1.00 bits per heavy atom. The molecule has 1 aliphatic heterocycles. The summed E-state index contributed by atoms with van der Waals surface area (Å²) in [5.74, 6) is 0.535. The van der Waals surface area contributed by atoms with Gasteiger partial charge < -0.3 is 20.6 Å². The molecule has 0 radical (unpaired) electrons. The molecule has 0 aliphatic carbocycles. The van der Waals surface area contributed by atoms with Crippen LogP contribution >= 0.6 is 0 Å². The largest absolute Gasteiger partial charge is 0.410 e. The second-order valence-corrected chi connectivity index (χ2v) is 8.21. The van der Waals surface area contributed by atoms with Gasteiger partial charge in [0, 0.05) is 29.6 Å². The molecule has 33 heavy (non-hydrogen) atoms. The molecule has 4 aromatic rings. The van der Waals surface area contributed by atoms with Crippen LogP contribution in [-0.4, -0.2) is 42.2 Å². The first-order chi connectivity index (χ1) is 16.2. The van der Waals surface area contributed by atoms with E-state index in [1.807, 2.05) is 48.5 Å². The van der Waals surface area contributed by atoms with Crippen molar-refractivity contribution in [1.82, 2.24) is 4.98 Å². The Hall–Kier alpha value is -3.90. The Bertz CT molecular complexity index is 1330. The lowest BCUT2D eigenvalue weighted by molar-refractivity contribution is 0.123. The minimum Gasteiger partial charge on any atom is -0.410 e. The van der Waals surface area contributed by atoms with Gasteiger partial charge in [0.15, 0.2) is 0 Å². The van der Waals surface area contributed by atoms with E-state index >= 15 is 0 Å². The summed E-state index contributed by atoms with van der Waals surface area (Å²) in [6, 6.07) is 24.1. The van der Waals surface area contributed by atoms with Gasteiger partial charge in [0.25, 0.3) is 0 Å². The van der Waals surface area contributed by atoms with Gasteiger partial charge in [-0.3, -0.25) is 0 Å². The van der Waals surface area contributed by atoms with E-state index in [1.54, 1.807) is 0 Å². The third kappa shape index (κ3) is 4.01. The lowest BCUT2D eigenvalue weighted by Gasteiger charge is -2.29. The standard InChI is InChI=1S/C27H26N4O2/c1-18-6-5-9-22(26(30-32)19-7-3-2-4-8-19)25(18)20-10-11-23-21(16-20)17-24(27(28)29-23)31-12-14-33-15-13-31/h2-11,16-17,32H,12-15H2,1H3,(H2,28,29)/b30-26-. The summed E-state index contributed by atoms with van der Waals surface area (Å²) in [4.78, 5) is 6.89. The number of pyridine rings is 1. The molecular formula is C27H26N4O2. The first-order valence-corrected chi connectivity index (χ1v) is 11.1. The zero-order valence-corrected chi connectivity index (χ0v) is 18.5. The zero-order chi connectivity index (χ0) is 22.8. The number of fused-ring (bicyclic) bond motifs is 1. The van der Waals surface area contributed by atoms with Crippen LogP contribution in [-0.2, 0) is 4.74 Å². The molecule has 1 saturated heterocycles. The molecule has 0 bridgehead atoms. The highest BCUT2D eigenvalue weighted by molar-refractivity contribution is 6.16. The van der Waals surface area contributed by atoms with E-state index < -0.39 is 0 Å². The summed E-state index contributed by atoms with van der Waals surface area (Å²) >= 11 is 0. The number of aryl methyl sites for hydroxylation is 1. The second kappa shape index (κ2) is 8.92. The van der Waals surface area contributed by atoms with Crippen molar-refractivity contribution in [2.24, 2.45) is 5.16 Å². The fraction of sp³-hybridized carbons (Fsp3) is 0.185. The number of benzene rings is 3. The van der Waals surface area contributed by atoms with Gasteiger partial charge in [-0.05, 0) is 41.8 Å². The molecule has 3 N–H and O–H groups in total. The Morgan fingerprint density at radius 3 is 2.55 bits per heavy atom. The van der Waals surface area contributed by atoms with Crippen molar-refractivity contribution in [2.45, 2.75) is 6.92 Å². The SMILES string of the molecule is Cc1cccc(/C(=N\O)c2ccccc2)c1-c1ccc2nc(N)c(N3CCOCC3)cc2c1. The van der Waals surface area contributed by atoms with Gasteiger partial charge in [0.05, 0.1) is 24.4 Å². The molecule has 3 aromatic carbocycles. The van der Waals surface area contributed by atoms with E-state index in [1.165, 1.54) is 0 Å². The molecule has 1 aliphatic rings. The molecule has 1 fully saturated rings. The summed E-state index contributed by atoms with van der Waals surface area (Å²) < 4.78 is 5.49. The first kappa shape index (κ1) is 21.0. The van der Waals surface area contributed by atoms with Crippen LogP contribution < -0.4 is 10.6 Å². The van der Waals surface area contributed by atoms with E-state index in [2.05, 4.69) is 46.2 Å². The van der Waals surface area contributed by atoms with E-state index in [9.17, 15) is 5.21 Å². The summed E-state index contributed by atoms with van der Waals surface area (Å²) in [6.45, 7) is 5.04. The molecule has 6 heteroatoms. The number of rotatable bonds is 4. The van der Waals surface area contributed by atoms with Crippen molar-refractivity contribution in [2.75, 3.05) is 36.9 Å². The van der Waals surface area contributed by atoms with Crippen molar-refractivity contribution in [3.8, 4) is 11.1 Å². The average Bonchev–Trinajstić information content (AvgIpc) is 2.85. The number of anilines is 2. The topological polar surface area (TPSA) is 84.0 Å². The molecular weight excluding hydrogens is 412 g/mol. The smallest absolute Gasteiger partial charge is 0.147 e. The van der Waals surface area contributed by atoms with Crippen LogP contribution in [0.3, 0.4) is 0 Å². The summed E-state index contributed by atoms with van der Waals surface area (Å²) in [5.41, 5.74) is 13.5. The maximum absolute atomic E-state index is 9.93. The first-order valence-electron chi connectivity index (χ1n) is 11.1. The van der Waals surface area contributed by atoms with Crippen LogP contribution in [0.1, 0.15) is 16.7 Å². The molecule has 0 amide bonds. The Balaban J connectivity index is 1.64. The number of hydrogen-bond donors (Lipinski definition) is 2. The predicted octanol–water partition coefficient (Wildman–Crippen LogP) is 4.86. The Kier molecular flexibility index (Phi) is 5.67. The highest BCUT2D eigenvalue weighted by atomic mass is 16.5. The molecule has 1 aromatic heterocycles. The minimum atomic E-state index is 0.535. The number of ether oxygens (including phenoxy) is 1. The quantitative estimate of drug-likeness (QED) is 0.270. The molecule has 0 atom stereocenters. The van der Waals surface area contributed by atoms with E-state index in [0.29, 0.717) is 24.7 Å². The van der Waals surface area contributed by atoms with Crippen LogP contribution in [0.2, 0.25) is 0 Å². The summed E-state index contributed by atoms with van der Waals surface area (Å²) in [5, 5.41) is 14.6. The summed E-state index contributed by atoms with van der Waals surface area (Å²) in [7, 11) is 0. The van der Waals surface area contributed by atoms with E-state index in [4.69, 9.17) is 10.5 Å². The average molecular weight is 439 g/mol. The van der Waals surface area contributed by atoms with E-state index in [-0.39, 0.29) is 0 Å². The van der Waals surface area contributed by atoms with E-state index in [0.717, 1.165) is 57.5 Å². The van der Waals surface area contributed by atoms with Crippen LogP contribution in [0, 0.1) is 6.92 Å². The number of oxime groups is 1. The number of nitrogen functional groups attached to an aromatic ring is 1. The molecule has 166 valence electrons. The molecule has 0 saturated carbocycles. The number of nitrogens with zero attached hydrogens (tertiary/aromatic N) is 3. The van der Waals surface area contributed by atoms with Crippen molar-refractivity contribution in [1.29, 1.82) is 0 Å². The van der Waals surface area contributed by atoms with Crippen LogP contribution in [0.15, 0.2) is 78.0 Å². The van der Waals surface area contributed by atoms with Gasteiger partial charge in [-0.2, -0.15) is 0 Å². The van der Waals surface area contributed by atoms with Gasteiger partial charge in [-0.1, -0.05) is 59.8 Å². The normalized spacial score (nSPS) is 14.6. The van der Waals surface area contributed by atoms with Crippen molar-refractivity contribution >= 4 is 28.1 Å². The highest BCUT2D eigenvalue weighted by Crippen LogP contribution is 2.34. The number of hydrogen-bond acceptors (Lipinski definition) is 6. The molecule has 5 rings (SSSR count). The lowest BCUT2D eigenvalue weighted by Crippen LogP contribution is -2.36. The number of aromatic nitrogens is 1. The lowest BCUT2D eigenvalue weighted by atomic mass is 9.89. The Morgan fingerprint density at radius 2 is 1.79 bits per heavy atom. The van der Waals surface area contributed by atoms with Crippen LogP contribution in [0.4, 0.5) is 11.5 Å². The van der Waals surface area contributed by atoms with Gasteiger partial charge >= 0.3 is 0 Å². The van der Waals surface area contributed by atoms with Gasteiger partial charge in [-0.25, -0.2) is 4.98 Å². The molecule has 0 spiro atoms. The maximum Gasteiger partial charge on any atom is 0.147 e. The fourth-order valence-electron chi connectivity index (χ4n) is 4.50. The monoisotopic (exact) mass is 438 g/mol. The fourth-order valence-corrected chi connectivity index (χ4v) is 4.50. The predicted molar refractivity (Wildman–Crippen MR) is 133 cm³/mol. The third-order valence-corrected chi connectivity index (χ3v) is 6.14. The highest BCUT2D eigenvalue weighted by Gasteiger charge is 2.18. The Labute approximate surface area is 192 Å². The van der Waals surface area contributed by atoms with Crippen molar-refractivity contribution < 1.29 is 9.94 Å².